The van der Waals surface area contributed by atoms with E-state index in [0.29, 0.717) is 31.2 Å². The second-order valence-corrected chi connectivity index (χ2v) is 6.17. The standard InChI is InChI=1S/C20H24N2O3/c1-15(2)14-25-18-10-8-17(9-11-18)22-20(24)19(23)21-13-12-16-6-4-3-5-7-16/h3-11,15H,12-14H2,1-2H3,(H,21,23)(H,22,24). The highest BCUT2D eigenvalue weighted by Gasteiger charge is 2.13. The fourth-order valence-electron chi connectivity index (χ4n) is 2.13. The van der Waals surface area contributed by atoms with Crippen LogP contribution in [0.5, 0.6) is 5.75 Å². The number of nitrogens with one attached hydrogen (secondary N) is 2. The summed E-state index contributed by atoms with van der Waals surface area (Å²) in [4.78, 5) is 23.7. The molecule has 0 saturated heterocycles. The van der Waals surface area contributed by atoms with Gasteiger partial charge in [-0.2, -0.15) is 0 Å². The van der Waals surface area contributed by atoms with E-state index in [2.05, 4.69) is 24.5 Å². The Bertz CT molecular complexity index is 682. The number of amides is 2. The third-order valence-corrected chi connectivity index (χ3v) is 3.44. The molecule has 0 aliphatic rings. The molecule has 0 bridgehead atoms. The van der Waals surface area contributed by atoms with Crippen molar-refractivity contribution in [1.82, 2.24) is 5.32 Å². The molecular formula is C20H24N2O3. The maximum atomic E-state index is 11.9. The molecule has 0 aliphatic carbocycles. The number of anilines is 1. The van der Waals surface area contributed by atoms with Crippen LogP contribution in [0.15, 0.2) is 54.6 Å². The van der Waals surface area contributed by atoms with Gasteiger partial charge in [0.2, 0.25) is 0 Å². The minimum absolute atomic E-state index is 0.415. The zero-order valence-electron chi connectivity index (χ0n) is 14.6. The van der Waals surface area contributed by atoms with Crippen molar-refractivity contribution in [3.8, 4) is 5.75 Å². The number of ether oxygens (including phenoxy) is 1. The Balaban J connectivity index is 1.75. The molecule has 0 heterocycles. The van der Waals surface area contributed by atoms with E-state index in [1.165, 1.54) is 0 Å². The van der Waals surface area contributed by atoms with Crippen molar-refractivity contribution < 1.29 is 14.3 Å². The molecule has 0 saturated carbocycles. The molecular weight excluding hydrogens is 316 g/mol. The summed E-state index contributed by atoms with van der Waals surface area (Å²) in [5.74, 6) is -0.141. The van der Waals surface area contributed by atoms with Crippen LogP contribution in [0.3, 0.4) is 0 Å². The Labute approximate surface area is 148 Å². The summed E-state index contributed by atoms with van der Waals surface area (Å²) >= 11 is 0. The molecule has 0 spiro atoms. The first-order valence-electron chi connectivity index (χ1n) is 8.40. The van der Waals surface area contributed by atoms with E-state index in [4.69, 9.17) is 4.74 Å². The average molecular weight is 340 g/mol. The lowest BCUT2D eigenvalue weighted by molar-refractivity contribution is -0.136. The first kappa shape index (κ1) is 18.5. The fraction of sp³-hybridized carbons (Fsp3) is 0.300. The van der Waals surface area contributed by atoms with E-state index >= 15 is 0 Å². The van der Waals surface area contributed by atoms with Crippen LogP contribution in [-0.2, 0) is 16.0 Å². The molecule has 2 N–H and O–H groups in total. The third-order valence-electron chi connectivity index (χ3n) is 3.44. The van der Waals surface area contributed by atoms with Crippen molar-refractivity contribution in [3.05, 3.63) is 60.2 Å². The molecule has 0 aliphatic heterocycles. The predicted octanol–water partition coefficient (Wildman–Crippen LogP) is 3.02. The first-order valence-corrected chi connectivity index (χ1v) is 8.40. The van der Waals surface area contributed by atoms with E-state index in [1.807, 2.05) is 30.3 Å². The Kier molecular flexibility index (Phi) is 7.01. The SMILES string of the molecule is CC(C)COc1ccc(NC(=O)C(=O)NCCc2ccccc2)cc1. The lowest BCUT2D eigenvalue weighted by atomic mass is 10.1. The van der Waals surface area contributed by atoms with E-state index in [9.17, 15) is 9.59 Å². The minimum Gasteiger partial charge on any atom is -0.493 e. The first-order chi connectivity index (χ1) is 12.0. The molecule has 0 atom stereocenters. The number of benzene rings is 2. The second-order valence-electron chi connectivity index (χ2n) is 6.17. The topological polar surface area (TPSA) is 67.4 Å². The molecule has 0 unspecified atom stereocenters. The van der Waals surface area contributed by atoms with Crippen LogP contribution in [0.25, 0.3) is 0 Å². The average Bonchev–Trinajstić information content (AvgIpc) is 2.62. The summed E-state index contributed by atoms with van der Waals surface area (Å²) < 4.78 is 5.58. The van der Waals surface area contributed by atoms with Gasteiger partial charge >= 0.3 is 11.8 Å². The lowest BCUT2D eigenvalue weighted by Crippen LogP contribution is -2.36. The normalized spacial score (nSPS) is 10.4. The number of rotatable bonds is 7. The van der Waals surface area contributed by atoms with Crippen LogP contribution in [0, 0.1) is 5.92 Å². The van der Waals surface area contributed by atoms with E-state index in [1.54, 1.807) is 24.3 Å². The Hall–Kier alpha value is -2.82. The number of hydrogen-bond donors (Lipinski definition) is 2. The zero-order valence-corrected chi connectivity index (χ0v) is 14.6. The number of hydrogen-bond acceptors (Lipinski definition) is 3. The van der Waals surface area contributed by atoms with Crippen LogP contribution in [0.1, 0.15) is 19.4 Å². The highest BCUT2D eigenvalue weighted by Crippen LogP contribution is 2.16. The number of carbonyl (C=O) groups excluding carboxylic acids is 2. The predicted molar refractivity (Wildman–Crippen MR) is 98.6 cm³/mol. The fourth-order valence-corrected chi connectivity index (χ4v) is 2.13. The molecule has 2 aromatic carbocycles. The van der Waals surface area contributed by atoms with Gasteiger partial charge in [0.25, 0.3) is 0 Å². The van der Waals surface area contributed by atoms with Crippen LogP contribution in [0.2, 0.25) is 0 Å². The molecule has 2 aromatic rings. The van der Waals surface area contributed by atoms with Gasteiger partial charge in [-0.15, -0.1) is 0 Å². The Morgan fingerprint density at radius 1 is 0.960 bits per heavy atom. The maximum absolute atomic E-state index is 11.9. The van der Waals surface area contributed by atoms with Gasteiger partial charge in [0.15, 0.2) is 0 Å². The van der Waals surface area contributed by atoms with Crippen molar-refractivity contribution in [2.45, 2.75) is 20.3 Å². The van der Waals surface area contributed by atoms with Gasteiger partial charge in [-0.1, -0.05) is 44.2 Å². The van der Waals surface area contributed by atoms with Gasteiger partial charge in [0.1, 0.15) is 5.75 Å². The van der Waals surface area contributed by atoms with Crippen LogP contribution in [-0.4, -0.2) is 25.0 Å². The zero-order chi connectivity index (χ0) is 18.1. The van der Waals surface area contributed by atoms with Crippen molar-refractivity contribution in [3.63, 3.8) is 0 Å². The third kappa shape index (κ3) is 6.67. The molecule has 0 radical (unpaired) electrons. The molecule has 2 amide bonds. The Morgan fingerprint density at radius 2 is 1.64 bits per heavy atom. The maximum Gasteiger partial charge on any atom is 0.313 e. The molecule has 25 heavy (non-hydrogen) atoms. The summed E-state index contributed by atoms with van der Waals surface area (Å²) in [7, 11) is 0. The minimum atomic E-state index is -0.677. The highest BCUT2D eigenvalue weighted by atomic mass is 16.5. The van der Waals surface area contributed by atoms with Crippen LogP contribution >= 0.6 is 0 Å². The molecule has 5 nitrogen and oxygen atoms in total. The van der Waals surface area contributed by atoms with Gasteiger partial charge in [0.05, 0.1) is 6.61 Å². The van der Waals surface area contributed by atoms with Gasteiger partial charge in [-0.05, 0) is 42.2 Å². The summed E-state index contributed by atoms with van der Waals surface area (Å²) in [5, 5.41) is 5.20. The van der Waals surface area contributed by atoms with Crippen molar-refractivity contribution in [2.24, 2.45) is 5.92 Å². The smallest absolute Gasteiger partial charge is 0.313 e. The molecule has 132 valence electrons. The second kappa shape index (κ2) is 9.47. The quantitative estimate of drug-likeness (QED) is 0.761. The molecule has 0 aromatic heterocycles. The van der Waals surface area contributed by atoms with Crippen molar-refractivity contribution in [1.29, 1.82) is 0 Å². The number of carbonyl (C=O) groups is 2. The van der Waals surface area contributed by atoms with Crippen LogP contribution in [0.4, 0.5) is 5.69 Å². The van der Waals surface area contributed by atoms with Crippen molar-refractivity contribution >= 4 is 17.5 Å². The van der Waals surface area contributed by atoms with Gasteiger partial charge in [0, 0.05) is 12.2 Å². The molecule has 0 fully saturated rings. The highest BCUT2D eigenvalue weighted by molar-refractivity contribution is 6.39. The largest absolute Gasteiger partial charge is 0.493 e. The lowest BCUT2D eigenvalue weighted by Gasteiger charge is -2.10. The summed E-state index contributed by atoms with van der Waals surface area (Å²) in [6.07, 6.45) is 0.682. The Morgan fingerprint density at radius 3 is 2.28 bits per heavy atom. The molecule has 2 rings (SSSR count). The van der Waals surface area contributed by atoms with Gasteiger partial charge in [-0.25, -0.2) is 0 Å². The van der Waals surface area contributed by atoms with Gasteiger partial charge in [-0.3, -0.25) is 9.59 Å². The van der Waals surface area contributed by atoms with E-state index in [0.717, 1.165) is 11.3 Å². The van der Waals surface area contributed by atoms with E-state index < -0.39 is 11.8 Å². The van der Waals surface area contributed by atoms with Gasteiger partial charge < -0.3 is 15.4 Å². The monoisotopic (exact) mass is 340 g/mol. The van der Waals surface area contributed by atoms with E-state index in [-0.39, 0.29) is 0 Å². The summed E-state index contributed by atoms with van der Waals surface area (Å²) in [6, 6.07) is 16.8. The van der Waals surface area contributed by atoms with Crippen molar-refractivity contribution in [2.75, 3.05) is 18.5 Å². The summed E-state index contributed by atoms with van der Waals surface area (Å²) in [5.41, 5.74) is 1.67. The van der Waals surface area contributed by atoms with Crippen LogP contribution < -0.4 is 15.4 Å². The summed E-state index contributed by atoms with van der Waals surface area (Å²) in [6.45, 7) is 5.20. The molecule has 5 heteroatoms.